The quantitative estimate of drug-likeness (QED) is 0.116. The van der Waals surface area contributed by atoms with E-state index in [1.165, 1.54) is 27.9 Å². The predicted octanol–water partition coefficient (Wildman–Crippen LogP) is 5.45. The Balaban J connectivity index is 1.46. The Morgan fingerprint density at radius 1 is 1.12 bits per heavy atom. The van der Waals surface area contributed by atoms with E-state index in [0.717, 1.165) is 45.3 Å². The monoisotopic (exact) mass is 891 g/mol. The summed E-state index contributed by atoms with van der Waals surface area (Å²) in [5, 5.41) is 16.7. The van der Waals surface area contributed by atoms with E-state index >= 15 is 0 Å². The van der Waals surface area contributed by atoms with Gasteiger partial charge in [0.2, 0.25) is 17.7 Å². The van der Waals surface area contributed by atoms with Gasteiger partial charge in [-0.2, -0.15) is 0 Å². The molecule has 6 rings (SSSR count). The van der Waals surface area contributed by atoms with E-state index in [1.807, 2.05) is 32.0 Å². The molecule has 3 atom stereocenters. The Morgan fingerprint density at radius 2 is 1.89 bits per heavy atom. The van der Waals surface area contributed by atoms with Crippen LogP contribution >= 0.6 is 0 Å². The summed E-state index contributed by atoms with van der Waals surface area (Å²) in [6, 6.07) is 13.3. The summed E-state index contributed by atoms with van der Waals surface area (Å²) in [7, 11) is 4.77. The number of nitrogens with zero attached hydrogens (tertiary/aromatic N) is 5. The van der Waals surface area contributed by atoms with Crippen molar-refractivity contribution in [2.75, 3.05) is 47.5 Å². The molecular weight excluding hydrogens is 827 g/mol. The maximum atomic E-state index is 14.8. The Kier molecular flexibility index (Phi) is 15.3. The second kappa shape index (κ2) is 20.5. The van der Waals surface area contributed by atoms with Crippen molar-refractivity contribution in [3.05, 3.63) is 84.2 Å². The Bertz CT molecular complexity index is 2430. The predicted molar refractivity (Wildman–Crippen MR) is 249 cm³/mol. The highest BCUT2D eigenvalue weighted by Crippen LogP contribution is 2.41. The summed E-state index contributed by atoms with van der Waals surface area (Å²) in [6.45, 7) is 15.2. The SMILES string of the molecule is C=CC(=O)N(C)CCC(=O)N(C)[C@H](C(=O)N[C@H]1Cc2cc(O)cc(c2)-c2ccc3c(c2)c(c(-c2cccnc2COC)n3CC)CC(C)(C)COCC2(C=O)CCCN(N2)C1=O)C(C)C. The van der Waals surface area contributed by atoms with E-state index in [9.17, 15) is 29.1 Å². The molecule has 6 bridgehead atoms. The fourth-order valence-corrected chi connectivity index (χ4v) is 9.31. The molecule has 348 valence electrons. The summed E-state index contributed by atoms with van der Waals surface area (Å²) < 4.78 is 14.4. The van der Waals surface area contributed by atoms with Crippen LogP contribution in [0.3, 0.4) is 0 Å². The molecule has 0 radical (unpaired) electrons. The number of nitrogens with one attached hydrogen (secondary N) is 2. The first-order valence-corrected chi connectivity index (χ1v) is 22.4. The molecule has 3 N–H and O–H groups in total. The number of carbonyl (C=O) groups excluding carboxylic acids is 5. The highest BCUT2D eigenvalue weighted by molar-refractivity contribution is 5.96. The number of methoxy groups -OCH3 is 1. The number of likely N-dealkylation sites (N-methyl/N-ethyl adjacent to an activating group) is 2. The van der Waals surface area contributed by atoms with Crippen molar-refractivity contribution in [3.63, 3.8) is 0 Å². The zero-order valence-electron chi connectivity index (χ0n) is 39.1. The van der Waals surface area contributed by atoms with Crippen LogP contribution in [0.2, 0.25) is 0 Å². The molecule has 2 aromatic carbocycles. The maximum absolute atomic E-state index is 14.8. The Hall–Kier alpha value is -5.90. The highest BCUT2D eigenvalue weighted by atomic mass is 16.5. The van der Waals surface area contributed by atoms with Crippen molar-refractivity contribution in [3.8, 4) is 28.1 Å². The number of aromatic nitrogens is 2. The van der Waals surface area contributed by atoms with Gasteiger partial charge in [-0.05, 0) is 102 Å². The molecule has 15 heteroatoms. The van der Waals surface area contributed by atoms with Crippen LogP contribution in [0.4, 0.5) is 0 Å². The van der Waals surface area contributed by atoms with Gasteiger partial charge in [0.05, 0.1) is 31.2 Å². The number of rotatable bonds is 13. The van der Waals surface area contributed by atoms with E-state index in [0.29, 0.717) is 50.1 Å². The average molecular weight is 892 g/mol. The van der Waals surface area contributed by atoms with Crippen molar-refractivity contribution in [1.82, 2.24) is 35.1 Å². The third-order valence-corrected chi connectivity index (χ3v) is 12.6. The molecule has 1 fully saturated rings. The van der Waals surface area contributed by atoms with Crippen molar-refractivity contribution in [1.29, 1.82) is 0 Å². The average Bonchev–Trinajstić information content (AvgIpc) is 3.58. The van der Waals surface area contributed by atoms with Gasteiger partial charge in [-0.1, -0.05) is 46.4 Å². The first-order valence-electron chi connectivity index (χ1n) is 22.4. The number of aldehydes is 1. The molecule has 1 saturated heterocycles. The molecule has 4 aromatic rings. The number of carbonyl (C=O) groups is 5. The third kappa shape index (κ3) is 10.8. The van der Waals surface area contributed by atoms with Gasteiger partial charge >= 0.3 is 0 Å². The lowest BCUT2D eigenvalue weighted by molar-refractivity contribution is -0.148. The number of pyridine rings is 1. The van der Waals surface area contributed by atoms with Crippen LogP contribution < -0.4 is 10.7 Å². The molecule has 4 heterocycles. The number of hydrogen-bond acceptors (Lipinski definition) is 10. The fourth-order valence-electron chi connectivity index (χ4n) is 9.31. The van der Waals surface area contributed by atoms with Crippen LogP contribution in [0.15, 0.2) is 67.4 Å². The van der Waals surface area contributed by atoms with Crippen LogP contribution in [0, 0.1) is 11.3 Å². The number of aryl methyl sites for hydroxylation is 1. The largest absolute Gasteiger partial charge is 0.508 e. The molecule has 15 nitrogen and oxygen atoms in total. The summed E-state index contributed by atoms with van der Waals surface area (Å²) >= 11 is 0. The number of fused-ring (bicyclic) bond motifs is 6. The lowest BCUT2D eigenvalue weighted by Gasteiger charge is -2.42. The lowest BCUT2D eigenvalue weighted by Crippen LogP contribution is -2.66. The van der Waals surface area contributed by atoms with E-state index in [-0.39, 0.29) is 56.0 Å². The smallest absolute Gasteiger partial charge is 0.259 e. The van der Waals surface area contributed by atoms with E-state index in [2.05, 4.69) is 60.9 Å². The zero-order valence-corrected chi connectivity index (χ0v) is 39.1. The molecule has 65 heavy (non-hydrogen) atoms. The number of phenols is 1. The zero-order chi connectivity index (χ0) is 47.2. The van der Waals surface area contributed by atoms with Crippen LogP contribution in [-0.2, 0) is 59.4 Å². The Morgan fingerprint density at radius 3 is 2.58 bits per heavy atom. The Labute approximate surface area is 382 Å². The molecule has 2 aromatic heterocycles. The summed E-state index contributed by atoms with van der Waals surface area (Å²) in [4.78, 5) is 75.2. The molecular formula is C50H65N7O8. The van der Waals surface area contributed by atoms with Gasteiger partial charge in [-0.15, -0.1) is 0 Å². The number of phenolic OH excluding ortho intramolecular Hbond substituents is 1. The first kappa shape index (κ1) is 48.6. The summed E-state index contributed by atoms with van der Waals surface area (Å²) in [5.41, 5.74) is 8.62. The van der Waals surface area contributed by atoms with Crippen molar-refractivity contribution in [2.45, 2.75) is 97.5 Å². The topological polar surface area (TPSA) is 176 Å². The van der Waals surface area contributed by atoms with E-state index in [1.54, 1.807) is 32.5 Å². The van der Waals surface area contributed by atoms with Crippen LogP contribution in [0.25, 0.3) is 33.3 Å². The van der Waals surface area contributed by atoms with Crippen molar-refractivity contribution >= 4 is 40.8 Å². The van der Waals surface area contributed by atoms with Crippen LogP contribution in [0.1, 0.15) is 70.7 Å². The molecule has 1 unspecified atom stereocenters. The number of aromatic hydroxyl groups is 1. The van der Waals surface area contributed by atoms with E-state index < -0.39 is 34.9 Å². The third-order valence-electron chi connectivity index (χ3n) is 12.6. The first-order chi connectivity index (χ1) is 30.9. The fraction of sp³-hybridized carbons (Fsp3) is 0.480. The molecule has 0 saturated carbocycles. The van der Waals surface area contributed by atoms with Gasteiger partial charge in [0.25, 0.3) is 5.91 Å². The van der Waals surface area contributed by atoms with Gasteiger partial charge in [0.15, 0.2) is 0 Å². The van der Waals surface area contributed by atoms with Gasteiger partial charge < -0.3 is 39.1 Å². The highest BCUT2D eigenvalue weighted by Gasteiger charge is 2.41. The summed E-state index contributed by atoms with van der Waals surface area (Å²) in [5.74, 6) is -2.09. The van der Waals surface area contributed by atoms with Crippen LogP contribution in [-0.4, -0.2) is 125 Å². The van der Waals surface area contributed by atoms with E-state index in [4.69, 9.17) is 14.5 Å². The minimum absolute atomic E-state index is 0.000878. The van der Waals surface area contributed by atoms with Gasteiger partial charge in [0, 0.05) is 76.3 Å². The second-order valence-electron chi connectivity index (χ2n) is 18.6. The van der Waals surface area contributed by atoms with Crippen LogP contribution in [0.5, 0.6) is 5.75 Å². The maximum Gasteiger partial charge on any atom is 0.259 e. The molecule has 4 amide bonds. The minimum atomic E-state index is -1.22. The van der Waals surface area contributed by atoms with Crippen molar-refractivity contribution in [2.24, 2.45) is 11.3 Å². The van der Waals surface area contributed by atoms with Gasteiger partial charge in [0.1, 0.15) is 29.7 Å². The van der Waals surface area contributed by atoms with Gasteiger partial charge in [-0.3, -0.25) is 29.2 Å². The number of benzene rings is 2. The number of ether oxygens (including phenoxy) is 2. The number of amides is 4. The normalized spacial score (nSPS) is 19.3. The molecule has 0 spiro atoms. The minimum Gasteiger partial charge on any atom is -0.508 e. The number of hydrazine groups is 1. The molecule has 0 aliphatic carbocycles. The summed E-state index contributed by atoms with van der Waals surface area (Å²) in [6.07, 6.45) is 5.22. The van der Waals surface area contributed by atoms with Gasteiger partial charge in [-0.25, -0.2) is 5.43 Å². The standard InChI is InChI=1S/C50H65N7O8/c1-10-43(60)54(7)21-17-44(61)55(8)45(32(3)4)47(62)52-40-24-33-22-35(25-36(59)23-33)34-15-16-42-38(26-34)39(46(56(42)11-2)37-14-12-19-51-41(37)28-64-9)27-49(5,6)30-65-31-50(29-58)18-13-20-57(53-50)48(40)63/h10,12,14-16,19,22-23,25-26,29,32,40,45,53,59H,1,11,13,17-18,20-21,24,27-28,30-31H2,2-9H3,(H,52,62)/t40-,45-,50?/m0/s1. The lowest BCUT2D eigenvalue weighted by atomic mass is 9.84. The molecule has 2 aliphatic rings. The number of hydrogen-bond donors (Lipinski definition) is 3. The second-order valence-corrected chi connectivity index (χ2v) is 18.6. The molecule has 2 aliphatic heterocycles. The van der Waals surface area contributed by atoms with Crippen molar-refractivity contribution < 1.29 is 38.6 Å².